The van der Waals surface area contributed by atoms with Gasteiger partial charge in [0.25, 0.3) is 0 Å². The Hall–Kier alpha value is -2.75. The van der Waals surface area contributed by atoms with Gasteiger partial charge in [0.05, 0.1) is 11.4 Å². The Morgan fingerprint density at radius 3 is 2.57 bits per heavy atom. The van der Waals surface area contributed by atoms with E-state index in [1.807, 2.05) is 31.2 Å². The molecule has 0 aliphatic rings. The number of aldehydes is 1. The molecule has 3 aromatic rings. The van der Waals surface area contributed by atoms with Gasteiger partial charge in [-0.1, -0.05) is 17.7 Å². The van der Waals surface area contributed by atoms with Crippen LogP contribution in [-0.2, 0) is 0 Å². The van der Waals surface area contributed by atoms with Gasteiger partial charge < -0.3 is 0 Å². The van der Waals surface area contributed by atoms with Gasteiger partial charge in [0.1, 0.15) is 5.82 Å². The SMILES string of the molecule is Cc1ccc(-c2cc(-c3ccc(F)cc3)n[nH]2)c(C=O)c1. The first kappa shape index (κ1) is 13.2. The number of aryl methyl sites for hydroxylation is 1. The number of nitrogens with zero attached hydrogens (tertiary/aromatic N) is 1. The van der Waals surface area contributed by atoms with Crippen molar-refractivity contribution in [2.24, 2.45) is 0 Å². The third kappa shape index (κ3) is 2.60. The normalized spacial score (nSPS) is 10.6. The predicted molar refractivity (Wildman–Crippen MR) is 79.5 cm³/mol. The molecule has 1 heterocycles. The molecule has 21 heavy (non-hydrogen) atoms. The van der Waals surface area contributed by atoms with E-state index in [1.54, 1.807) is 12.1 Å². The number of hydrogen-bond donors (Lipinski definition) is 1. The smallest absolute Gasteiger partial charge is 0.150 e. The molecule has 0 saturated carbocycles. The van der Waals surface area contributed by atoms with Crippen molar-refractivity contribution in [2.45, 2.75) is 6.92 Å². The zero-order valence-electron chi connectivity index (χ0n) is 11.4. The number of rotatable bonds is 3. The van der Waals surface area contributed by atoms with E-state index in [1.165, 1.54) is 12.1 Å². The van der Waals surface area contributed by atoms with E-state index in [9.17, 15) is 9.18 Å². The molecule has 0 atom stereocenters. The second-order valence-corrected chi connectivity index (χ2v) is 4.88. The molecule has 0 aliphatic heterocycles. The summed E-state index contributed by atoms with van der Waals surface area (Å²) in [6.07, 6.45) is 0.834. The highest BCUT2D eigenvalue weighted by Gasteiger charge is 2.09. The lowest BCUT2D eigenvalue weighted by Gasteiger charge is -2.02. The first-order valence-electron chi connectivity index (χ1n) is 6.55. The summed E-state index contributed by atoms with van der Waals surface area (Å²) in [7, 11) is 0. The van der Waals surface area contributed by atoms with Crippen LogP contribution in [0.4, 0.5) is 4.39 Å². The van der Waals surface area contributed by atoms with E-state index in [0.29, 0.717) is 11.3 Å². The molecule has 1 N–H and O–H groups in total. The molecule has 3 nitrogen and oxygen atoms in total. The minimum Gasteiger partial charge on any atom is -0.298 e. The first-order valence-corrected chi connectivity index (χ1v) is 6.55. The Bertz CT molecular complexity index is 791. The van der Waals surface area contributed by atoms with Crippen LogP contribution in [0.3, 0.4) is 0 Å². The largest absolute Gasteiger partial charge is 0.298 e. The lowest BCUT2D eigenvalue weighted by atomic mass is 10.0. The van der Waals surface area contributed by atoms with Crippen LogP contribution in [0.5, 0.6) is 0 Å². The fourth-order valence-electron chi connectivity index (χ4n) is 2.25. The molecule has 0 bridgehead atoms. The number of aromatic nitrogens is 2. The van der Waals surface area contributed by atoms with Gasteiger partial charge in [-0.05, 0) is 43.3 Å². The van der Waals surface area contributed by atoms with Crippen LogP contribution in [0.2, 0.25) is 0 Å². The van der Waals surface area contributed by atoms with Crippen LogP contribution in [0.15, 0.2) is 48.5 Å². The maximum atomic E-state index is 12.9. The van der Waals surface area contributed by atoms with Gasteiger partial charge in [0, 0.05) is 16.7 Å². The molecule has 0 saturated heterocycles. The van der Waals surface area contributed by atoms with Crippen LogP contribution in [0.1, 0.15) is 15.9 Å². The minimum absolute atomic E-state index is 0.281. The Morgan fingerprint density at radius 2 is 1.86 bits per heavy atom. The summed E-state index contributed by atoms with van der Waals surface area (Å²) in [5, 5.41) is 7.15. The Balaban J connectivity index is 2.02. The molecule has 3 rings (SSSR count). The second-order valence-electron chi connectivity index (χ2n) is 4.88. The average Bonchev–Trinajstić information content (AvgIpc) is 2.97. The summed E-state index contributed by atoms with van der Waals surface area (Å²) in [6.45, 7) is 1.94. The van der Waals surface area contributed by atoms with Crippen LogP contribution in [0, 0.1) is 12.7 Å². The zero-order chi connectivity index (χ0) is 14.8. The number of benzene rings is 2. The number of carbonyl (C=O) groups is 1. The van der Waals surface area contributed by atoms with Crippen molar-refractivity contribution in [2.75, 3.05) is 0 Å². The number of nitrogens with one attached hydrogen (secondary N) is 1. The van der Waals surface area contributed by atoms with Crippen molar-refractivity contribution in [1.82, 2.24) is 10.2 Å². The van der Waals surface area contributed by atoms with Crippen molar-refractivity contribution >= 4 is 6.29 Å². The average molecular weight is 280 g/mol. The molecule has 2 aromatic carbocycles. The van der Waals surface area contributed by atoms with Gasteiger partial charge in [-0.2, -0.15) is 5.10 Å². The second kappa shape index (κ2) is 5.32. The highest BCUT2D eigenvalue weighted by atomic mass is 19.1. The third-order valence-corrected chi connectivity index (χ3v) is 3.34. The maximum Gasteiger partial charge on any atom is 0.150 e. The monoisotopic (exact) mass is 280 g/mol. The summed E-state index contributed by atoms with van der Waals surface area (Å²) in [5.41, 5.74) is 4.73. The molecule has 0 fully saturated rings. The van der Waals surface area contributed by atoms with Crippen LogP contribution < -0.4 is 0 Å². The van der Waals surface area contributed by atoms with E-state index >= 15 is 0 Å². The standard InChI is InChI=1S/C17H13FN2O/c1-11-2-7-15(13(8-11)10-21)17-9-16(19-20-17)12-3-5-14(18)6-4-12/h2-10H,1H3,(H,19,20). The highest BCUT2D eigenvalue weighted by Crippen LogP contribution is 2.26. The Morgan fingerprint density at radius 1 is 1.10 bits per heavy atom. The van der Waals surface area contributed by atoms with Gasteiger partial charge in [-0.15, -0.1) is 0 Å². The number of hydrogen-bond acceptors (Lipinski definition) is 2. The topological polar surface area (TPSA) is 45.8 Å². The molecule has 0 aliphatic carbocycles. The van der Waals surface area contributed by atoms with E-state index in [4.69, 9.17) is 0 Å². The number of aromatic amines is 1. The fourth-order valence-corrected chi connectivity index (χ4v) is 2.25. The third-order valence-electron chi connectivity index (χ3n) is 3.34. The lowest BCUT2D eigenvalue weighted by Crippen LogP contribution is -1.88. The van der Waals surface area contributed by atoms with Gasteiger partial charge in [-0.25, -0.2) is 4.39 Å². The van der Waals surface area contributed by atoms with E-state index in [2.05, 4.69) is 10.2 Å². The van der Waals surface area contributed by atoms with Gasteiger partial charge in [0.2, 0.25) is 0 Å². The fraction of sp³-hybridized carbons (Fsp3) is 0.0588. The highest BCUT2D eigenvalue weighted by molar-refractivity contribution is 5.87. The van der Waals surface area contributed by atoms with Crippen molar-refractivity contribution in [3.05, 3.63) is 65.5 Å². The van der Waals surface area contributed by atoms with Crippen molar-refractivity contribution in [3.63, 3.8) is 0 Å². The molecule has 104 valence electrons. The summed E-state index contributed by atoms with van der Waals surface area (Å²) in [4.78, 5) is 11.2. The predicted octanol–water partition coefficient (Wildman–Crippen LogP) is 4.00. The Labute approximate surface area is 121 Å². The van der Waals surface area contributed by atoms with Gasteiger partial charge >= 0.3 is 0 Å². The van der Waals surface area contributed by atoms with E-state index in [-0.39, 0.29) is 5.82 Å². The van der Waals surface area contributed by atoms with Crippen LogP contribution in [0.25, 0.3) is 22.5 Å². The summed E-state index contributed by atoms with van der Waals surface area (Å²) < 4.78 is 12.9. The van der Waals surface area contributed by atoms with Crippen molar-refractivity contribution in [3.8, 4) is 22.5 Å². The first-order chi connectivity index (χ1) is 10.2. The van der Waals surface area contributed by atoms with Gasteiger partial charge in [-0.3, -0.25) is 9.89 Å². The van der Waals surface area contributed by atoms with Crippen molar-refractivity contribution in [1.29, 1.82) is 0 Å². The molecular formula is C17H13FN2O. The van der Waals surface area contributed by atoms with Crippen molar-refractivity contribution < 1.29 is 9.18 Å². The van der Waals surface area contributed by atoms with E-state index < -0.39 is 0 Å². The minimum atomic E-state index is -0.281. The van der Waals surface area contributed by atoms with Gasteiger partial charge in [0.15, 0.2) is 6.29 Å². The molecule has 0 radical (unpaired) electrons. The number of H-pyrrole nitrogens is 1. The van der Waals surface area contributed by atoms with Crippen LogP contribution >= 0.6 is 0 Å². The maximum absolute atomic E-state index is 12.9. The number of halogens is 1. The zero-order valence-corrected chi connectivity index (χ0v) is 11.4. The molecular weight excluding hydrogens is 267 g/mol. The molecule has 0 spiro atoms. The summed E-state index contributed by atoms with van der Waals surface area (Å²) in [6, 6.07) is 13.7. The summed E-state index contributed by atoms with van der Waals surface area (Å²) in [5.74, 6) is -0.281. The molecule has 0 unspecified atom stereocenters. The Kier molecular flexibility index (Phi) is 3.36. The quantitative estimate of drug-likeness (QED) is 0.737. The number of carbonyl (C=O) groups excluding carboxylic acids is 1. The lowest BCUT2D eigenvalue weighted by molar-refractivity contribution is 0.112. The van der Waals surface area contributed by atoms with E-state index in [0.717, 1.165) is 28.7 Å². The van der Waals surface area contributed by atoms with Crippen LogP contribution in [-0.4, -0.2) is 16.5 Å². The molecule has 0 amide bonds. The molecule has 1 aromatic heterocycles. The summed E-state index contributed by atoms with van der Waals surface area (Å²) >= 11 is 0. The molecule has 4 heteroatoms.